The van der Waals surface area contributed by atoms with Crippen LogP contribution in [-0.4, -0.2) is 11.2 Å². The van der Waals surface area contributed by atoms with Crippen molar-refractivity contribution in [3.63, 3.8) is 0 Å². The molecule has 0 aliphatic carbocycles. The Labute approximate surface area is 70.4 Å². The molecule has 0 saturated carbocycles. The standard InChI is InChI=1S/C9H9NO2/c1-7(12)8-3-2-4-9(5-8)10-6-11/h2-5,7,12H,1H3. The van der Waals surface area contributed by atoms with Crippen LogP contribution in [0.2, 0.25) is 0 Å². The summed E-state index contributed by atoms with van der Waals surface area (Å²) >= 11 is 0. The van der Waals surface area contributed by atoms with E-state index in [2.05, 4.69) is 4.99 Å². The van der Waals surface area contributed by atoms with Crippen LogP contribution in [0.4, 0.5) is 5.69 Å². The molecule has 0 radical (unpaired) electrons. The van der Waals surface area contributed by atoms with Crippen molar-refractivity contribution >= 4 is 11.8 Å². The predicted molar refractivity (Wildman–Crippen MR) is 44.9 cm³/mol. The van der Waals surface area contributed by atoms with Crippen LogP contribution in [0.1, 0.15) is 18.6 Å². The normalized spacial score (nSPS) is 11.8. The molecule has 1 N–H and O–H groups in total. The summed E-state index contributed by atoms with van der Waals surface area (Å²) in [5, 5.41) is 9.18. The molecule has 0 amide bonds. The van der Waals surface area contributed by atoms with Gasteiger partial charge in [0, 0.05) is 0 Å². The summed E-state index contributed by atoms with van der Waals surface area (Å²) in [5.74, 6) is 0. The molecular formula is C9H9NO2. The van der Waals surface area contributed by atoms with Crippen LogP contribution in [0.15, 0.2) is 29.3 Å². The Morgan fingerprint density at radius 2 is 2.33 bits per heavy atom. The van der Waals surface area contributed by atoms with Crippen LogP contribution in [0, 0.1) is 0 Å². The molecule has 0 aliphatic rings. The lowest BCUT2D eigenvalue weighted by Crippen LogP contribution is -1.88. The van der Waals surface area contributed by atoms with Crippen LogP contribution < -0.4 is 0 Å². The van der Waals surface area contributed by atoms with Crippen molar-refractivity contribution in [2.75, 3.05) is 0 Å². The van der Waals surface area contributed by atoms with Crippen LogP contribution in [0.5, 0.6) is 0 Å². The van der Waals surface area contributed by atoms with E-state index in [4.69, 9.17) is 0 Å². The van der Waals surface area contributed by atoms with Crippen LogP contribution in [-0.2, 0) is 4.79 Å². The van der Waals surface area contributed by atoms with E-state index in [1.165, 1.54) is 6.08 Å². The summed E-state index contributed by atoms with van der Waals surface area (Å²) in [4.78, 5) is 13.3. The average Bonchev–Trinajstić information content (AvgIpc) is 2.05. The molecule has 3 heteroatoms. The molecule has 0 bridgehead atoms. The second-order valence-electron chi connectivity index (χ2n) is 2.47. The molecule has 0 saturated heterocycles. The second-order valence-corrected chi connectivity index (χ2v) is 2.47. The number of carbonyl (C=O) groups excluding carboxylic acids is 1. The molecule has 0 heterocycles. The van der Waals surface area contributed by atoms with E-state index in [1.807, 2.05) is 0 Å². The second kappa shape index (κ2) is 3.81. The van der Waals surface area contributed by atoms with Gasteiger partial charge in [0.25, 0.3) is 0 Å². The Morgan fingerprint density at radius 1 is 1.58 bits per heavy atom. The van der Waals surface area contributed by atoms with E-state index in [0.717, 1.165) is 5.56 Å². The zero-order chi connectivity index (χ0) is 8.97. The highest BCUT2D eigenvalue weighted by Crippen LogP contribution is 2.18. The van der Waals surface area contributed by atoms with Crippen LogP contribution in [0.3, 0.4) is 0 Å². The molecule has 1 atom stereocenters. The number of aliphatic hydroxyl groups is 1. The minimum absolute atomic E-state index is 0.517. The van der Waals surface area contributed by atoms with Gasteiger partial charge in [0.2, 0.25) is 6.08 Å². The van der Waals surface area contributed by atoms with Crippen molar-refractivity contribution < 1.29 is 9.90 Å². The molecule has 3 nitrogen and oxygen atoms in total. The highest BCUT2D eigenvalue weighted by Gasteiger charge is 1.99. The molecule has 12 heavy (non-hydrogen) atoms. The SMILES string of the molecule is CC(O)c1cccc(N=C=O)c1. The van der Waals surface area contributed by atoms with Gasteiger partial charge in [-0.3, -0.25) is 0 Å². The molecule has 1 rings (SSSR count). The fraction of sp³-hybridized carbons (Fsp3) is 0.222. The smallest absolute Gasteiger partial charge is 0.240 e. The van der Waals surface area contributed by atoms with Gasteiger partial charge in [-0.2, -0.15) is 4.99 Å². The number of nitrogens with zero attached hydrogens (tertiary/aromatic N) is 1. The monoisotopic (exact) mass is 163 g/mol. The largest absolute Gasteiger partial charge is 0.389 e. The lowest BCUT2D eigenvalue weighted by molar-refractivity contribution is 0.199. The fourth-order valence-corrected chi connectivity index (χ4v) is 0.907. The first-order chi connectivity index (χ1) is 5.74. The first-order valence-electron chi connectivity index (χ1n) is 3.60. The van der Waals surface area contributed by atoms with Crippen molar-refractivity contribution in [3.8, 4) is 0 Å². The van der Waals surface area contributed by atoms with Gasteiger partial charge in [-0.1, -0.05) is 12.1 Å². The van der Waals surface area contributed by atoms with Gasteiger partial charge >= 0.3 is 0 Å². The summed E-state index contributed by atoms with van der Waals surface area (Å²) < 4.78 is 0. The van der Waals surface area contributed by atoms with Crippen LogP contribution in [0.25, 0.3) is 0 Å². The third-order valence-electron chi connectivity index (χ3n) is 1.53. The van der Waals surface area contributed by atoms with Crippen molar-refractivity contribution in [2.24, 2.45) is 4.99 Å². The summed E-state index contributed by atoms with van der Waals surface area (Å²) in [6.07, 6.45) is 0.908. The van der Waals surface area contributed by atoms with Crippen LogP contribution >= 0.6 is 0 Å². The third-order valence-corrected chi connectivity index (χ3v) is 1.53. The third kappa shape index (κ3) is 2.02. The number of isocyanates is 1. The lowest BCUT2D eigenvalue weighted by atomic mass is 10.1. The van der Waals surface area contributed by atoms with Crippen molar-refractivity contribution in [2.45, 2.75) is 13.0 Å². The van der Waals surface area contributed by atoms with E-state index in [0.29, 0.717) is 5.69 Å². The number of hydrogen-bond acceptors (Lipinski definition) is 3. The average molecular weight is 163 g/mol. The summed E-state index contributed by atoms with van der Waals surface area (Å²) in [6, 6.07) is 6.83. The maximum absolute atomic E-state index is 9.90. The van der Waals surface area contributed by atoms with Crippen molar-refractivity contribution in [3.05, 3.63) is 29.8 Å². The van der Waals surface area contributed by atoms with E-state index in [-0.39, 0.29) is 0 Å². The highest BCUT2D eigenvalue weighted by molar-refractivity contribution is 5.49. The molecule has 0 aliphatic heterocycles. The topological polar surface area (TPSA) is 49.7 Å². The molecule has 1 aromatic rings. The Hall–Kier alpha value is -1.44. The quantitative estimate of drug-likeness (QED) is 0.533. The number of hydrogen-bond donors (Lipinski definition) is 1. The Morgan fingerprint density at radius 3 is 2.92 bits per heavy atom. The van der Waals surface area contributed by atoms with Crippen molar-refractivity contribution in [1.82, 2.24) is 0 Å². The van der Waals surface area contributed by atoms with E-state index < -0.39 is 6.10 Å². The minimum Gasteiger partial charge on any atom is -0.389 e. The number of aliphatic imine (C=N–C) groups is 1. The summed E-state index contributed by atoms with van der Waals surface area (Å²) in [5.41, 5.74) is 1.26. The van der Waals surface area contributed by atoms with E-state index >= 15 is 0 Å². The first-order valence-corrected chi connectivity index (χ1v) is 3.60. The minimum atomic E-state index is -0.535. The van der Waals surface area contributed by atoms with Gasteiger partial charge in [-0.25, -0.2) is 4.79 Å². The van der Waals surface area contributed by atoms with Gasteiger partial charge in [-0.05, 0) is 24.6 Å². The zero-order valence-electron chi connectivity index (χ0n) is 6.69. The highest BCUT2D eigenvalue weighted by atomic mass is 16.3. The predicted octanol–water partition coefficient (Wildman–Crippen LogP) is 1.71. The van der Waals surface area contributed by atoms with E-state index in [9.17, 15) is 9.90 Å². The van der Waals surface area contributed by atoms with Gasteiger partial charge in [0.1, 0.15) is 0 Å². The zero-order valence-corrected chi connectivity index (χ0v) is 6.69. The fourth-order valence-electron chi connectivity index (χ4n) is 0.907. The molecule has 1 aromatic carbocycles. The Balaban J connectivity index is 3.03. The van der Waals surface area contributed by atoms with Gasteiger partial charge in [0.05, 0.1) is 11.8 Å². The van der Waals surface area contributed by atoms with Crippen molar-refractivity contribution in [1.29, 1.82) is 0 Å². The van der Waals surface area contributed by atoms with Gasteiger partial charge < -0.3 is 5.11 Å². The Kier molecular flexibility index (Phi) is 2.75. The lowest BCUT2D eigenvalue weighted by Gasteiger charge is -2.03. The number of aliphatic hydroxyl groups excluding tert-OH is 1. The van der Waals surface area contributed by atoms with Gasteiger partial charge in [0.15, 0.2) is 0 Å². The molecule has 0 aromatic heterocycles. The molecule has 0 spiro atoms. The first kappa shape index (κ1) is 8.65. The summed E-state index contributed by atoms with van der Waals surface area (Å²) in [7, 11) is 0. The van der Waals surface area contributed by atoms with Gasteiger partial charge in [-0.15, -0.1) is 0 Å². The summed E-state index contributed by atoms with van der Waals surface area (Å²) in [6.45, 7) is 1.66. The molecule has 62 valence electrons. The maximum Gasteiger partial charge on any atom is 0.240 e. The molecule has 1 unspecified atom stereocenters. The number of rotatable bonds is 2. The molecule has 0 fully saturated rings. The Bertz CT molecular complexity index is 314. The maximum atomic E-state index is 9.90. The van der Waals surface area contributed by atoms with E-state index in [1.54, 1.807) is 31.2 Å². The molecular weight excluding hydrogens is 154 g/mol. The number of benzene rings is 1.